The van der Waals surface area contributed by atoms with Crippen molar-refractivity contribution in [3.8, 4) is 0 Å². The average Bonchev–Trinajstić information content (AvgIpc) is 2.86. The number of rotatable bonds is 12. The van der Waals surface area contributed by atoms with Crippen molar-refractivity contribution in [3.63, 3.8) is 0 Å². The number of nitrogens with zero attached hydrogens (tertiary/aromatic N) is 1. The third-order valence-corrected chi connectivity index (χ3v) is 10.5. The van der Waals surface area contributed by atoms with Gasteiger partial charge in [0.05, 0.1) is 15.9 Å². The van der Waals surface area contributed by atoms with Gasteiger partial charge in [-0.3, -0.25) is 4.79 Å². The highest BCUT2D eigenvalue weighted by atomic mass is 32.2. The smallest absolute Gasteiger partial charge is 0.239 e. The molecule has 1 amide bonds. The van der Waals surface area contributed by atoms with Crippen molar-refractivity contribution >= 4 is 26.7 Å². The standard InChI is InChI=1S/C25H34N2O5S2/c1-27(17-14-21-7-3-2-4-8-21)33(29)20-6-5-9-22-10-12-23(13-11-22)34(30,31)25(24(26)28)15-18-32-19-16-25/h2-4,7-8,10-13H,5-6,9,14-20H2,1H3,(H2,26,28). The Balaban J connectivity index is 1.47. The van der Waals surface area contributed by atoms with E-state index in [1.165, 1.54) is 5.56 Å². The quantitative estimate of drug-likeness (QED) is 0.446. The first kappa shape index (κ1) is 26.5. The molecule has 1 aliphatic rings. The summed E-state index contributed by atoms with van der Waals surface area (Å²) in [6.45, 7) is 1.14. The lowest BCUT2D eigenvalue weighted by molar-refractivity contribution is -0.122. The molecule has 34 heavy (non-hydrogen) atoms. The van der Waals surface area contributed by atoms with Crippen LogP contribution in [0.15, 0.2) is 59.5 Å². The number of ether oxygens (including phenoxy) is 1. The molecule has 1 saturated heterocycles. The second-order valence-corrected chi connectivity index (χ2v) is 12.6. The molecule has 2 N–H and O–H groups in total. The first-order valence-electron chi connectivity index (χ1n) is 11.6. The lowest BCUT2D eigenvalue weighted by Gasteiger charge is -2.33. The van der Waals surface area contributed by atoms with Crippen LogP contribution < -0.4 is 5.73 Å². The second-order valence-electron chi connectivity index (χ2n) is 8.69. The highest BCUT2D eigenvalue weighted by Crippen LogP contribution is 2.34. The van der Waals surface area contributed by atoms with E-state index < -0.39 is 31.5 Å². The maximum absolute atomic E-state index is 13.2. The Bertz CT molecular complexity index is 1070. The van der Waals surface area contributed by atoms with E-state index in [1.54, 1.807) is 24.3 Å². The van der Waals surface area contributed by atoms with Gasteiger partial charge in [-0.15, -0.1) is 0 Å². The molecule has 0 aliphatic carbocycles. The fraction of sp³-hybridized carbons (Fsp3) is 0.480. The minimum absolute atomic E-state index is 0.0728. The van der Waals surface area contributed by atoms with E-state index in [-0.39, 0.29) is 31.0 Å². The van der Waals surface area contributed by atoms with Crippen molar-refractivity contribution in [3.05, 3.63) is 65.7 Å². The number of unbranched alkanes of at least 4 members (excludes halogenated alkanes) is 1. The molecule has 3 rings (SSSR count). The summed E-state index contributed by atoms with van der Waals surface area (Å²) in [6, 6.07) is 16.8. The molecular formula is C25H34N2O5S2. The lowest BCUT2D eigenvalue weighted by Crippen LogP contribution is -2.53. The Kier molecular flexibility index (Phi) is 9.41. The molecule has 1 aliphatic heterocycles. The van der Waals surface area contributed by atoms with Gasteiger partial charge in [0.25, 0.3) is 0 Å². The molecule has 1 atom stereocenters. The summed E-state index contributed by atoms with van der Waals surface area (Å²) in [5.41, 5.74) is 7.76. The summed E-state index contributed by atoms with van der Waals surface area (Å²) in [5.74, 6) is -0.220. The van der Waals surface area contributed by atoms with Gasteiger partial charge in [0.15, 0.2) is 14.6 Å². The van der Waals surface area contributed by atoms with Crippen molar-refractivity contribution < 1.29 is 22.2 Å². The molecule has 2 aromatic rings. The molecule has 0 aromatic heterocycles. The summed E-state index contributed by atoms with van der Waals surface area (Å²) in [5, 5.41) is 0. The Morgan fingerprint density at radius 2 is 1.62 bits per heavy atom. The molecule has 1 unspecified atom stereocenters. The first-order chi connectivity index (χ1) is 16.3. The second kappa shape index (κ2) is 12.1. The van der Waals surface area contributed by atoms with Crippen LogP contribution in [0.1, 0.15) is 36.8 Å². The molecule has 186 valence electrons. The fourth-order valence-corrected chi connectivity index (χ4v) is 7.13. The third kappa shape index (κ3) is 6.33. The number of carbonyl (C=O) groups is 1. The number of hydrogen-bond acceptors (Lipinski definition) is 5. The van der Waals surface area contributed by atoms with Crippen LogP contribution >= 0.6 is 0 Å². The molecule has 0 spiro atoms. The molecule has 2 aromatic carbocycles. The van der Waals surface area contributed by atoms with Crippen LogP contribution in [0.2, 0.25) is 0 Å². The van der Waals surface area contributed by atoms with E-state index >= 15 is 0 Å². The number of likely N-dealkylation sites (N-methyl/N-ethyl adjacent to an activating group) is 1. The Labute approximate surface area is 205 Å². The van der Waals surface area contributed by atoms with Gasteiger partial charge in [-0.25, -0.2) is 16.9 Å². The van der Waals surface area contributed by atoms with Gasteiger partial charge in [-0.2, -0.15) is 0 Å². The van der Waals surface area contributed by atoms with Gasteiger partial charge in [-0.05, 0) is 68.8 Å². The molecule has 1 fully saturated rings. The van der Waals surface area contributed by atoms with Crippen molar-refractivity contribution in [1.82, 2.24) is 4.31 Å². The normalized spacial score (nSPS) is 16.9. The zero-order chi connectivity index (χ0) is 24.6. The van der Waals surface area contributed by atoms with Gasteiger partial charge < -0.3 is 10.5 Å². The fourth-order valence-electron chi connectivity index (χ4n) is 4.15. The monoisotopic (exact) mass is 506 g/mol. The van der Waals surface area contributed by atoms with E-state index in [4.69, 9.17) is 10.5 Å². The zero-order valence-electron chi connectivity index (χ0n) is 19.6. The first-order valence-corrected chi connectivity index (χ1v) is 14.4. The summed E-state index contributed by atoms with van der Waals surface area (Å²) < 4.78 is 44.4. The van der Waals surface area contributed by atoms with Gasteiger partial charge >= 0.3 is 0 Å². The molecule has 0 bridgehead atoms. The van der Waals surface area contributed by atoms with Crippen molar-refractivity contribution in [2.45, 2.75) is 48.2 Å². The van der Waals surface area contributed by atoms with Crippen LogP contribution in [0.25, 0.3) is 0 Å². The summed E-state index contributed by atoms with van der Waals surface area (Å²) in [4.78, 5) is 12.2. The molecule has 0 radical (unpaired) electrons. The van der Waals surface area contributed by atoms with Crippen LogP contribution in [0.4, 0.5) is 0 Å². The van der Waals surface area contributed by atoms with Crippen molar-refractivity contribution in [2.75, 3.05) is 32.6 Å². The maximum atomic E-state index is 13.2. The zero-order valence-corrected chi connectivity index (χ0v) is 21.3. The van der Waals surface area contributed by atoms with Crippen LogP contribution in [0.3, 0.4) is 0 Å². The number of aryl methyl sites for hydroxylation is 1. The van der Waals surface area contributed by atoms with E-state index in [1.807, 2.05) is 29.6 Å². The molecule has 9 heteroatoms. The van der Waals surface area contributed by atoms with Crippen LogP contribution in [0, 0.1) is 0 Å². The summed E-state index contributed by atoms with van der Waals surface area (Å²) in [7, 11) is -3.05. The predicted molar refractivity (Wildman–Crippen MR) is 134 cm³/mol. The topological polar surface area (TPSA) is 107 Å². The number of sulfone groups is 1. The molecular weight excluding hydrogens is 472 g/mol. The molecule has 1 heterocycles. The number of nitrogens with two attached hydrogens (primary N) is 1. The highest BCUT2D eigenvalue weighted by molar-refractivity contribution is 7.93. The van der Waals surface area contributed by atoms with Crippen LogP contribution in [0.5, 0.6) is 0 Å². The predicted octanol–water partition coefficient (Wildman–Crippen LogP) is 2.66. The van der Waals surface area contributed by atoms with Crippen LogP contribution in [-0.4, -0.2) is 60.1 Å². The number of carbonyl (C=O) groups excluding carboxylic acids is 1. The molecule has 0 saturated carbocycles. The minimum atomic E-state index is -3.91. The third-order valence-electron chi connectivity index (χ3n) is 6.44. The molecule has 7 nitrogen and oxygen atoms in total. The van der Waals surface area contributed by atoms with Gasteiger partial charge in [0.1, 0.15) is 0 Å². The van der Waals surface area contributed by atoms with E-state index in [0.29, 0.717) is 5.75 Å². The largest absolute Gasteiger partial charge is 0.381 e. The Morgan fingerprint density at radius 3 is 2.24 bits per heavy atom. The van der Waals surface area contributed by atoms with Gasteiger partial charge in [-0.1, -0.05) is 42.5 Å². The van der Waals surface area contributed by atoms with Crippen LogP contribution in [-0.2, 0) is 43.2 Å². The highest BCUT2D eigenvalue weighted by Gasteiger charge is 2.50. The average molecular weight is 507 g/mol. The SMILES string of the molecule is CN(CCc1ccccc1)S(=O)CCCCc1ccc(S(=O)(=O)C2(C(N)=O)CCOCC2)cc1. The Hall–Kier alpha value is -2.07. The number of amides is 1. The number of benzene rings is 2. The van der Waals surface area contributed by atoms with E-state index in [9.17, 15) is 17.4 Å². The number of hydrogen-bond donors (Lipinski definition) is 1. The van der Waals surface area contributed by atoms with Crippen molar-refractivity contribution in [1.29, 1.82) is 0 Å². The van der Waals surface area contributed by atoms with Gasteiger partial charge in [0.2, 0.25) is 5.91 Å². The summed E-state index contributed by atoms with van der Waals surface area (Å²) >= 11 is 0. The lowest BCUT2D eigenvalue weighted by atomic mass is 9.98. The minimum Gasteiger partial charge on any atom is -0.381 e. The van der Waals surface area contributed by atoms with Crippen molar-refractivity contribution in [2.24, 2.45) is 5.73 Å². The van der Waals surface area contributed by atoms with E-state index in [2.05, 4.69) is 12.1 Å². The number of primary amides is 1. The Morgan fingerprint density at radius 1 is 1.00 bits per heavy atom. The van der Waals surface area contributed by atoms with E-state index in [0.717, 1.165) is 37.8 Å². The summed E-state index contributed by atoms with van der Waals surface area (Å²) in [6.07, 6.45) is 3.44. The maximum Gasteiger partial charge on any atom is 0.239 e. The van der Waals surface area contributed by atoms with Gasteiger partial charge in [0, 0.05) is 25.5 Å².